The van der Waals surface area contributed by atoms with Crippen molar-refractivity contribution >= 4 is 5.69 Å². The molecule has 0 radical (unpaired) electrons. The first-order valence-electron chi connectivity index (χ1n) is 11.9. The molecule has 1 aliphatic heterocycles. The van der Waals surface area contributed by atoms with Gasteiger partial charge in [-0.05, 0) is 55.0 Å². The second-order valence-corrected chi connectivity index (χ2v) is 8.99. The van der Waals surface area contributed by atoms with Crippen molar-refractivity contribution in [1.82, 2.24) is 9.47 Å². The molecule has 2 aromatic heterocycles. The average Bonchev–Trinajstić information content (AvgIpc) is 3.38. The zero-order valence-corrected chi connectivity index (χ0v) is 19.9. The second kappa shape index (κ2) is 9.99. The third kappa shape index (κ3) is 4.64. The summed E-state index contributed by atoms with van der Waals surface area (Å²) in [6.07, 6.45) is 1.54. The summed E-state index contributed by atoms with van der Waals surface area (Å²) in [5.41, 5.74) is 1.49. The first kappa shape index (κ1) is 23.8. The fourth-order valence-corrected chi connectivity index (χ4v) is 4.95. The maximum absolute atomic E-state index is 14.4. The van der Waals surface area contributed by atoms with E-state index in [1.807, 2.05) is 9.80 Å². The van der Waals surface area contributed by atoms with Crippen molar-refractivity contribution in [2.24, 2.45) is 0 Å². The van der Waals surface area contributed by atoms with Gasteiger partial charge in [-0.15, -0.1) is 0 Å². The van der Waals surface area contributed by atoms with Crippen molar-refractivity contribution < 1.29 is 18.3 Å². The van der Waals surface area contributed by atoms with Crippen LogP contribution in [0.4, 0.5) is 14.5 Å². The molecule has 1 unspecified atom stereocenters. The lowest BCUT2D eigenvalue weighted by atomic mass is 9.95. The van der Waals surface area contributed by atoms with Crippen LogP contribution >= 0.6 is 0 Å². The molecule has 1 atom stereocenters. The van der Waals surface area contributed by atoms with Crippen molar-refractivity contribution in [3.8, 4) is 5.75 Å². The minimum Gasteiger partial charge on any atom is -0.507 e. The molecular formula is C28H27F2N3O3. The van der Waals surface area contributed by atoms with Crippen LogP contribution in [0.5, 0.6) is 5.75 Å². The predicted octanol–water partition coefficient (Wildman–Crippen LogP) is 4.69. The van der Waals surface area contributed by atoms with Crippen LogP contribution in [0.3, 0.4) is 0 Å². The molecule has 5 rings (SSSR count). The molecule has 36 heavy (non-hydrogen) atoms. The van der Waals surface area contributed by atoms with E-state index in [1.165, 1.54) is 18.2 Å². The fraction of sp³-hybridized carbons (Fsp3) is 0.250. The molecule has 6 nitrogen and oxygen atoms in total. The third-order valence-electron chi connectivity index (χ3n) is 6.73. The van der Waals surface area contributed by atoms with Crippen LogP contribution in [0.1, 0.15) is 28.6 Å². The van der Waals surface area contributed by atoms with Crippen molar-refractivity contribution in [2.45, 2.75) is 19.5 Å². The van der Waals surface area contributed by atoms with Gasteiger partial charge in [0.2, 0.25) is 0 Å². The number of pyridine rings is 1. The van der Waals surface area contributed by atoms with Gasteiger partial charge in [-0.3, -0.25) is 9.69 Å². The van der Waals surface area contributed by atoms with E-state index in [2.05, 4.69) is 0 Å². The first-order valence-corrected chi connectivity index (χ1v) is 11.9. The predicted molar refractivity (Wildman–Crippen MR) is 133 cm³/mol. The Morgan fingerprint density at radius 1 is 0.972 bits per heavy atom. The summed E-state index contributed by atoms with van der Waals surface area (Å²) in [7, 11) is 0. The smallest absolute Gasteiger partial charge is 0.260 e. The number of hydrogen-bond donors (Lipinski definition) is 1. The monoisotopic (exact) mass is 491 g/mol. The molecule has 4 aromatic rings. The maximum atomic E-state index is 14.4. The van der Waals surface area contributed by atoms with Gasteiger partial charge in [-0.25, -0.2) is 8.78 Å². The van der Waals surface area contributed by atoms with E-state index >= 15 is 0 Å². The molecule has 186 valence electrons. The molecule has 3 heterocycles. The van der Waals surface area contributed by atoms with E-state index < -0.39 is 11.9 Å². The molecule has 2 aromatic carbocycles. The normalized spacial score (nSPS) is 15.2. The summed E-state index contributed by atoms with van der Waals surface area (Å²) >= 11 is 0. The van der Waals surface area contributed by atoms with Gasteiger partial charge >= 0.3 is 0 Å². The topological polar surface area (TPSA) is 61.9 Å². The molecule has 8 heteroatoms. The molecule has 0 bridgehead atoms. The molecule has 0 saturated carbocycles. The SMILES string of the molecule is Cc1cc(O)c(C(c2cccc(F)c2)N2CCN(c3ccccc3F)CC2)c(=O)n1Cc1ccco1. The van der Waals surface area contributed by atoms with E-state index in [4.69, 9.17) is 4.42 Å². The Morgan fingerprint density at radius 2 is 1.75 bits per heavy atom. The second-order valence-electron chi connectivity index (χ2n) is 8.99. The lowest BCUT2D eigenvalue weighted by molar-refractivity contribution is 0.206. The highest BCUT2D eigenvalue weighted by molar-refractivity contribution is 5.48. The number of aromatic nitrogens is 1. The van der Waals surface area contributed by atoms with Gasteiger partial charge < -0.3 is 19.0 Å². The summed E-state index contributed by atoms with van der Waals surface area (Å²) in [5.74, 6) is -0.244. The van der Waals surface area contributed by atoms with E-state index in [0.717, 1.165) is 0 Å². The fourth-order valence-electron chi connectivity index (χ4n) is 4.95. The maximum Gasteiger partial charge on any atom is 0.260 e. The van der Waals surface area contributed by atoms with Crippen molar-refractivity contribution in [3.05, 3.63) is 118 Å². The van der Waals surface area contributed by atoms with E-state index in [1.54, 1.807) is 66.3 Å². The van der Waals surface area contributed by atoms with Crippen molar-refractivity contribution in [1.29, 1.82) is 0 Å². The number of benzene rings is 2. The highest BCUT2D eigenvalue weighted by Gasteiger charge is 2.32. The van der Waals surface area contributed by atoms with Gasteiger partial charge in [0.15, 0.2) is 0 Å². The molecular weight excluding hydrogens is 464 g/mol. The van der Waals surface area contributed by atoms with Crippen LogP contribution in [0.25, 0.3) is 0 Å². The average molecular weight is 492 g/mol. The van der Waals surface area contributed by atoms with Crippen LogP contribution in [0, 0.1) is 18.6 Å². The number of rotatable bonds is 6. The lowest BCUT2D eigenvalue weighted by Crippen LogP contribution is -2.49. The highest BCUT2D eigenvalue weighted by atomic mass is 19.1. The van der Waals surface area contributed by atoms with Crippen LogP contribution in [0.15, 0.2) is 82.2 Å². The standard InChI is InChI=1S/C28H27F2N3O3/c1-19-16-25(34)26(28(35)33(19)18-22-8-5-15-36-22)27(20-6-4-7-21(29)17-20)32-13-11-31(12-14-32)24-10-3-2-9-23(24)30/h2-10,15-17,27,34H,11-14,18H2,1H3. The first-order chi connectivity index (χ1) is 17.4. The Bertz CT molecular complexity index is 1410. The van der Waals surface area contributed by atoms with Gasteiger partial charge in [-0.2, -0.15) is 0 Å². The van der Waals surface area contributed by atoms with Crippen LogP contribution in [0.2, 0.25) is 0 Å². The number of aryl methyl sites for hydroxylation is 1. The Morgan fingerprint density at radius 3 is 2.44 bits per heavy atom. The van der Waals surface area contributed by atoms with Gasteiger partial charge in [0.05, 0.1) is 30.1 Å². The number of para-hydroxylation sites is 1. The number of piperazine rings is 1. The minimum atomic E-state index is -0.681. The Hall–Kier alpha value is -3.91. The number of aromatic hydroxyl groups is 1. The zero-order valence-electron chi connectivity index (χ0n) is 19.9. The van der Waals surface area contributed by atoms with Gasteiger partial charge in [-0.1, -0.05) is 24.3 Å². The number of furan rings is 1. The molecule has 1 saturated heterocycles. The quantitative estimate of drug-likeness (QED) is 0.424. The Labute approximate surface area is 207 Å². The van der Waals surface area contributed by atoms with E-state index in [-0.39, 0.29) is 29.2 Å². The molecule has 1 fully saturated rings. The molecule has 1 aliphatic rings. The zero-order chi connectivity index (χ0) is 25.2. The molecule has 0 amide bonds. The van der Waals surface area contributed by atoms with Crippen molar-refractivity contribution in [3.63, 3.8) is 0 Å². The summed E-state index contributed by atoms with van der Waals surface area (Å²) in [4.78, 5) is 17.8. The number of halogens is 2. The van der Waals surface area contributed by atoms with E-state index in [9.17, 15) is 18.7 Å². The van der Waals surface area contributed by atoms with Gasteiger partial charge in [0, 0.05) is 31.9 Å². The summed E-state index contributed by atoms with van der Waals surface area (Å²) in [5, 5.41) is 11.0. The Balaban J connectivity index is 1.54. The lowest BCUT2D eigenvalue weighted by Gasteiger charge is -2.40. The Kier molecular flexibility index (Phi) is 6.61. The van der Waals surface area contributed by atoms with E-state index in [0.29, 0.717) is 48.9 Å². The molecule has 1 N–H and O–H groups in total. The number of hydrogen-bond acceptors (Lipinski definition) is 5. The van der Waals surface area contributed by atoms with Gasteiger partial charge in [0.25, 0.3) is 5.56 Å². The van der Waals surface area contributed by atoms with Crippen LogP contribution in [-0.2, 0) is 6.54 Å². The number of nitrogens with zero attached hydrogens (tertiary/aromatic N) is 3. The third-order valence-corrected chi connectivity index (χ3v) is 6.73. The molecule has 0 spiro atoms. The summed E-state index contributed by atoms with van der Waals surface area (Å²) in [6.45, 7) is 3.96. The summed E-state index contributed by atoms with van der Waals surface area (Å²) in [6, 6.07) is 17.1. The van der Waals surface area contributed by atoms with Crippen LogP contribution in [-0.4, -0.2) is 40.8 Å². The summed E-state index contributed by atoms with van der Waals surface area (Å²) < 4.78 is 35.7. The van der Waals surface area contributed by atoms with Gasteiger partial charge in [0.1, 0.15) is 23.1 Å². The van der Waals surface area contributed by atoms with Crippen LogP contribution < -0.4 is 10.5 Å². The van der Waals surface area contributed by atoms with Crippen molar-refractivity contribution in [2.75, 3.05) is 31.1 Å². The molecule has 0 aliphatic carbocycles. The number of anilines is 1. The largest absolute Gasteiger partial charge is 0.507 e. The highest BCUT2D eigenvalue weighted by Crippen LogP contribution is 2.34. The minimum absolute atomic E-state index is 0.140.